The Hall–Kier alpha value is -2.14. The lowest BCUT2D eigenvalue weighted by atomic mass is 10.1. The molecule has 1 aromatic carbocycles. The van der Waals surface area contributed by atoms with E-state index in [0.717, 1.165) is 11.3 Å². The van der Waals surface area contributed by atoms with Crippen LogP contribution >= 0.6 is 0 Å². The van der Waals surface area contributed by atoms with E-state index in [1.54, 1.807) is 4.90 Å². The highest BCUT2D eigenvalue weighted by Gasteiger charge is 2.11. The standard InChI is InChI=1S/C16H21N3O2/c1-12(2)21-15-11-14(13-7-5-4-6-8-13)17-16(18-15)19(3)9-10-20/h4-8,11-12,20H,9-10H2,1-3H3. The van der Waals surface area contributed by atoms with Crippen molar-refractivity contribution in [3.63, 3.8) is 0 Å². The van der Waals surface area contributed by atoms with E-state index < -0.39 is 0 Å². The molecule has 0 atom stereocenters. The smallest absolute Gasteiger partial charge is 0.229 e. The van der Waals surface area contributed by atoms with Crippen molar-refractivity contribution in [2.45, 2.75) is 20.0 Å². The zero-order chi connectivity index (χ0) is 15.2. The molecule has 0 bridgehead atoms. The number of nitrogens with zero attached hydrogens (tertiary/aromatic N) is 3. The summed E-state index contributed by atoms with van der Waals surface area (Å²) in [7, 11) is 1.85. The summed E-state index contributed by atoms with van der Waals surface area (Å²) in [6.45, 7) is 4.44. The monoisotopic (exact) mass is 287 g/mol. The van der Waals surface area contributed by atoms with Gasteiger partial charge in [0, 0.05) is 25.2 Å². The predicted octanol–water partition coefficient (Wildman–Crippen LogP) is 2.36. The number of aliphatic hydroxyl groups is 1. The van der Waals surface area contributed by atoms with Crippen molar-refractivity contribution >= 4 is 5.95 Å². The van der Waals surface area contributed by atoms with Gasteiger partial charge >= 0.3 is 0 Å². The van der Waals surface area contributed by atoms with E-state index in [1.165, 1.54) is 0 Å². The van der Waals surface area contributed by atoms with E-state index in [-0.39, 0.29) is 12.7 Å². The number of benzene rings is 1. The molecule has 0 amide bonds. The number of anilines is 1. The third-order valence-electron chi connectivity index (χ3n) is 2.89. The van der Waals surface area contributed by atoms with E-state index in [1.807, 2.05) is 57.3 Å². The topological polar surface area (TPSA) is 58.5 Å². The molecule has 0 saturated heterocycles. The van der Waals surface area contributed by atoms with Crippen molar-refractivity contribution in [3.8, 4) is 17.1 Å². The van der Waals surface area contributed by atoms with E-state index in [9.17, 15) is 0 Å². The largest absolute Gasteiger partial charge is 0.475 e. The zero-order valence-corrected chi connectivity index (χ0v) is 12.7. The van der Waals surface area contributed by atoms with Crippen LogP contribution in [0.1, 0.15) is 13.8 Å². The van der Waals surface area contributed by atoms with Crippen LogP contribution in [0.5, 0.6) is 5.88 Å². The molecule has 0 saturated carbocycles. The van der Waals surface area contributed by atoms with Crippen LogP contribution in [-0.2, 0) is 0 Å². The van der Waals surface area contributed by atoms with Crippen LogP contribution in [0.4, 0.5) is 5.95 Å². The lowest BCUT2D eigenvalue weighted by Crippen LogP contribution is -2.24. The molecule has 112 valence electrons. The van der Waals surface area contributed by atoms with Crippen LogP contribution in [0.2, 0.25) is 0 Å². The molecule has 0 fully saturated rings. The number of hydrogen-bond donors (Lipinski definition) is 1. The fourth-order valence-electron chi connectivity index (χ4n) is 1.89. The zero-order valence-electron chi connectivity index (χ0n) is 12.7. The van der Waals surface area contributed by atoms with Gasteiger partial charge in [0.1, 0.15) is 0 Å². The third-order valence-corrected chi connectivity index (χ3v) is 2.89. The number of ether oxygens (including phenoxy) is 1. The van der Waals surface area contributed by atoms with Crippen LogP contribution in [0.25, 0.3) is 11.3 Å². The second kappa shape index (κ2) is 7.04. The van der Waals surface area contributed by atoms with Crippen molar-refractivity contribution in [2.75, 3.05) is 25.1 Å². The maximum Gasteiger partial charge on any atom is 0.229 e. The van der Waals surface area contributed by atoms with E-state index >= 15 is 0 Å². The lowest BCUT2D eigenvalue weighted by molar-refractivity contribution is 0.232. The van der Waals surface area contributed by atoms with Gasteiger partial charge in [-0.3, -0.25) is 0 Å². The quantitative estimate of drug-likeness (QED) is 0.884. The first-order valence-electron chi connectivity index (χ1n) is 7.03. The second-order valence-electron chi connectivity index (χ2n) is 5.07. The first kappa shape index (κ1) is 15.3. The molecule has 0 radical (unpaired) electrons. The van der Waals surface area contributed by atoms with Crippen molar-refractivity contribution in [1.29, 1.82) is 0 Å². The highest BCUT2D eigenvalue weighted by molar-refractivity contribution is 5.61. The van der Waals surface area contributed by atoms with Crippen LogP contribution in [0.3, 0.4) is 0 Å². The summed E-state index contributed by atoms with van der Waals surface area (Å²) in [6, 6.07) is 11.7. The molecule has 1 N–H and O–H groups in total. The van der Waals surface area contributed by atoms with Crippen molar-refractivity contribution in [3.05, 3.63) is 36.4 Å². The maximum absolute atomic E-state index is 9.07. The van der Waals surface area contributed by atoms with Gasteiger partial charge in [-0.1, -0.05) is 30.3 Å². The molecule has 1 aromatic heterocycles. The molecule has 0 aliphatic carbocycles. The van der Waals surface area contributed by atoms with Gasteiger partial charge in [-0.25, -0.2) is 4.98 Å². The fourth-order valence-corrected chi connectivity index (χ4v) is 1.89. The Labute approximate surface area is 125 Å². The van der Waals surface area contributed by atoms with Crippen LogP contribution in [0.15, 0.2) is 36.4 Å². The Kier molecular flexibility index (Phi) is 5.11. The van der Waals surface area contributed by atoms with E-state index in [0.29, 0.717) is 18.4 Å². The van der Waals surface area contributed by atoms with Crippen LogP contribution in [-0.4, -0.2) is 41.4 Å². The Morgan fingerprint density at radius 3 is 2.52 bits per heavy atom. The van der Waals surface area contributed by atoms with Gasteiger partial charge in [-0.2, -0.15) is 4.98 Å². The highest BCUT2D eigenvalue weighted by Crippen LogP contribution is 2.24. The molecule has 1 heterocycles. The number of likely N-dealkylation sites (N-methyl/N-ethyl adjacent to an activating group) is 1. The predicted molar refractivity (Wildman–Crippen MR) is 83.6 cm³/mol. The van der Waals surface area contributed by atoms with Gasteiger partial charge in [-0.05, 0) is 13.8 Å². The van der Waals surface area contributed by atoms with Gasteiger partial charge in [-0.15, -0.1) is 0 Å². The molecular weight excluding hydrogens is 266 g/mol. The summed E-state index contributed by atoms with van der Waals surface area (Å²) >= 11 is 0. The number of aliphatic hydroxyl groups excluding tert-OH is 1. The Balaban J connectivity index is 2.42. The summed E-state index contributed by atoms with van der Waals surface area (Å²) in [6.07, 6.45) is 0.0412. The summed E-state index contributed by atoms with van der Waals surface area (Å²) in [5.74, 6) is 1.08. The molecule has 5 nitrogen and oxygen atoms in total. The molecule has 2 rings (SSSR count). The first-order valence-corrected chi connectivity index (χ1v) is 7.03. The minimum absolute atomic E-state index is 0.0412. The van der Waals surface area contributed by atoms with Crippen molar-refractivity contribution in [2.24, 2.45) is 0 Å². The minimum atomic E-state index is 0.0412. The van der Waals surface area contributed by atoms with E-state index in [4.69, 9.17) is 9.84 Å². The van der Waals surface area contributed by atoms with E-state index in [2.05, 4.69) is 9.97 Å². The van der Waals surface area contributed by atoms with Crippen molar-refractivity contribution in [1.82, 2.24) is 9.97 Å². The molecule has 5 heteroatoms. The first-order chi connectivity index (χ1) is 10.1. The summed E-state index contributed by atoms with van der Waals surface area (Å²) in [5, 5.41) is 9.07. The molecule has 0 spiro atoms. The summed E-state index contributed by atoms with van der Waals surface area (Å²) in [4.78, 5) is 10.8. The Morgan fingerprint density at radius 1 is 1.19 bits per heavy atom. The van der Waals surface area contributed by atoms with Crippen LogP contribution in [0, 0.1) is 0 Å². The molecule has 21 heavy (non-hydrogen) atoms. The van der Waals surface area contributed by atoms with Gasteiger partial charge in [0.15, 0.2) is 0 Å². The summed E-state index contributed by atoms with van der Waals surface area (Å²) < 4.78 is 5.71. The average Bonchev–Trinajstić information content (AvgIpc) is 2.47. The van der Waals surface area contributed by atoms with Gasteiger partial charge in [0.2, 0.25) is 11.8 Å². The molecule has 0 aliphatic rings. The summed E-state index contributed by atoms with van der Waals surface area (Å²) in [5.41, 5.74) is 1.81. The second-order valence-corrected chi connectivity index (χ2v) is 5.07. The lowest BCUT2D eigenvalue weighted by Gasteiger charge is -2.18. The Bertz CT molecular complexity index is 573. The maximum atomic E-state index is 9.07. The normalized spacial score (nSPS) is 10.7. The number of aromatic nitrogens is 2. The van der Waals surface area contributed by atoms with Crippen LogP contribution < -0.4 is 9.64 Å². The third kappa shape index (κ3) is 4.16. The molecule has 0 aliphatic heterocycles. The number of hydrogen-bond acceptors (Lipinski definition) is 5. The molecule has 0 unspecified atom stereocenters. The SMILES string of the molecule is CC(C)Oc1cc(-c2ccccc2)nc(N(C)CCO)n1. The van der Waals surface area contributed by atoms with Gasteiger partial charge < -0.3 is 14.7 Å². The fraction of sp³-hybridized carbons (Fsp3) is 0.375. The molecule has 2 aromatic rings. The number of rotatable bonds is 6. The highest BCUT2D eigenvalue weighted by atomic mass is 16.5. The average molecular weight is 287 g/mol. The minimum Gasteiger partial charge on any atom is -0.475 e. The molecular formula is C16H21N3O2. The van der Waals surface area contributed by atoms with Gasteiger partial charge in [0.05, 0.1) is 18.4 Å². The van der Waals surface area contributed by atoms with Gasteiger partial charge in [0.25, 0.3) is 0 Å². The van der Waals surface area contributed by atoms with Crippen molar-refractivity contribution < 1.29 is 9.84 Å². The Morgan fingerprint density at radius 2 is 1.90 bits per heavy atom.